The highest BCUT2D eigenvalue weighted by atomic mass is 16.6. The van der Waals surface area contributed by atoms with E-state index in [-0.39, 0.29) is 28.7 Å². The molecule has 3 aromatic carbocycles. The minimum Gasteiger partial charge on any atom is -0.506 e. The maximum Gasteiger partial charge on any atom is 0.407 e. The van der Waals surface area contributed by atoms with Gasteiger partial charge >= 0.3 is 6.09 Å². The standard InChI is InChI=1S/C33H31N5O4/c1-33(2,3)42-32(41)37-23-12-14-38(15-13-23)29-26-16-20(24-8-4-6-21(17-34)30(24)39)10-11-28(26)36-19-27(29)25-9-5-7-22(18-35)31(25)40/h4-11,16,19,23,39-40H,12-15H2,1-3H3,(H,37,41). The number of carbonyl (C=O) groups is 1. The van der Waals surface area contributed by atoms with Crippen LogP contribution in [0.2, 0.25) is 0 Å². The average Bonchev–Trinajstić information content (AvgIpc) is 2.96. The molecule has 4 aromatic rings. The molecular formula is C33H31N5O4. The Kier molecular flexibility index (Phi) is 7.60. The quantitative estimate of drug-likeness (QED) is 0.267. The second-order valence-corrected chi connectivity index (χ2v) is 11.3. The third kappa shape index (κ3) is 5.63. The third-order valence-electron chi connectivity index (χ3n) is 7.29. The normalized spacial score (nSPS) is 13.8. The summed E-state index contributed by atoms with van der Waals surface area (Å²) in [7, 11) is 0. The summed E-state index contributed by atoms with van der Waals surface area (Å²) in [6.45, 7) is 6.68. The highest BCUT2D eigenvalue weighted by Crippen LogP contribution is 2.43. The minimum absolute atomic E-state index is 0.0656. The number of phenolic OH excluding ortho intramolecular Hbond substituents is 2. The molecule has 5 rings (SSSR count). The van der Waals surface area contributed by atoms with E-state index in [4.69, 9.17) is 4.74 Å². The number of piperidine rings is 1. The highest BCUT2D eigenvalue weighted by molar-refractivity contribution is 6.03. The Morgan fingerprint density at radius 2 is 1.57 bits per heavy atom. The van der Waals surface area contributed by atoms with Gasteiger partial charge in [0.15, 0.2) is 0 Å². The zero-order valence-corrected chi connectivity index (χ0v) is 23.7. The first-order valence-corrected chi connectivity index (χ1v) is 13.7. The van der Waals surface area contributed by atoms with Crippen LogP contribution in [0.25, 0.3) is 33.2 Å². The van der Waals surface area contributed by atoms with E-state index >= 15 is 0 Å². The predicted octanol–water partition coefficient (Wildman–Crippen LogP) is 6.22. The van der Waals surface area contributed by atoms with Crippen molar-refractivity contribution in [3.8, 4) is 45.9 Å². The number of nitrogens with one attached hydrogen (secondary N) is 1. The van der Waals surface area contributed by atoms with Gasteiger partial charge in [-0.2, -0.15) is 10.5 Å². The van der Waals surface area contributed by atoms with Crippen molar-refractivity contribution in [2.24, 2.45) is 0 Å². The molecule has 1 aromatic heterocycles. The van der Waals surface area contributed by atoms with Gasteiger partial charge in [0.2, 0.25) is 0 Å². The lowest BCUT2D eigenvalue weighted by molar-refractivity contribution is 0.0497. The van der Waals surface area contributed by atoms with Crippen LogP contribution in [-0.4, -0.2) is 46.0 Å². The van der Waals surface area contributed by atoms with Crippen LogP contribution in [0.1, 0.15) is 44.7 Å². The number of aromatic nitrogens is 1. The molecule has 0 unspecified atom stereocenters. The fourth-order valence-corrected chi connectivity index (χ4v) is 5.32. The topological polar surface area (TPSA) is 142 Å². The van der Waals surface area contributed by atoms with E-state index in [1.165, 1.54) is 0 Å². The fraction of sp³-hybridized carbons (Fsp3) is 0.273. The van der Waals surface area contributed by atoms with Gasteiger partial charge in [-0.25, -0.2) is 4.79 Å². The molecule has 2 heterocycles. The second-order valence-electron chi connectivity index (χ2n) is 11.3. The number of aromatic hydroxyl groups is 2. The van der Waals surface area contributed by atoms with E-state index in [1.54, 1.807) is 42.6 Å². The van der Waals surface area contributed by atoms with Crippen LogP contribution in [0.15, 0.2) is 60.8 Å². The summed E-state index contributed by atoms with van der Waals surface area (Å²) in [4.78, 5) is 19.3. The molecule has 1 aliphatic rings. The van der Waals surface area contributed by atoms with Crippen molar-refractivity contribution < 1.29 is 19.7 Å². The van der Waals surface area contributed by atoms with Crippen molar-refractivity contribution >= 4 is 22.7 Å². The molecule has 0 saturated carbocycles. The third-order valence-corrected chi connectivity index (χ3v) is 7.29. The minimum atomic E-state index is -0.589. The molecule has 0 aliphatic carbocycles. The monoisotopic (exact) mass is 561 g/mol. The molecule has 0 atom stereocenters. The molecule has 0 spiro atoms. The van der Waals surface area contributed by atoms with Gasteiger partial charge in [0.25, 0.3) is 0 Å². The maximum absolute atomic E-state index is 12.4. The lowest BCUT2D eigenvalue weighted by Gasteiger charge is -2.36. The van der Waals surface area contributed by atoms with E-state index in [1.807, 2.05) is 51.1 Å². The number of phenols is 2. The van der Waals surface area contributed by atoms with Gasteiger partial charge in [-0.05, 0) is 63.4 Å². The number of pyridine rings is 1. The number of para-hydroxylation sites is 2. The van der Waals surface area contributed by atoms with Crippen molar-refractivity contribution in [3.63, 3.8) is 0 Å². The van der Waals surface area contributed by atoms with Crippen LogP contribution in [0.3, 0.4) is 0 Å². The SMILES string of the molecule is CC(C)(C)OC(=O)NC1CCN(c2c(-c3cccc(C#N)c3O)cnc3ccc(-c4cccc(C#N)c4O)cc23)CC1. The maximum atomic E-state index is 12.4. The van der Waals surface area contributed by atoms with E-state index in [0.717, 1.165) is 11.1 Å². The number of hydrogen-bond donors (Lipinski definition) is 3. The number of benzene rings is 3. The van der Waals surface area contributed by atoms with E-state index in [2.05, 4.69) is 15.2 Å². The summed E-state index contributed by atoms with van der Waals surface area (Å²) in [6.07, 6.45) is 2.58. The summed E-state index contributed by atoms with van der Waals surface area (Å²) >= 11 is 0. The van der Waals surface area contributed by atoms with Gasteiger partial charge in [0, 0.05) is 47.4 Å². The Morgan fingerprint density at radius 3 is 2.19 bits per heavy atom. The van der Waals surface area contributed by atoms with Gasteiger partial charge in [-0.1, -0.05) is 30.3 Å². The van der Waals surface area contributed by atoms with Crippen LogP contribution in [0, 0.1) is 22.7 Å². The lowest BCUT2D eigenvalue weighted by Crippen LogP contribution is -2.46. The van der Waals surface area contributed by atoms with Gasteiger partial charge in [0.1, 0.15) is 29.2 Å². The molecule has 9 nitrogen and oxygen atoms in total. The summed E-state index contributed by atoms with van der Waals surface area (Å²) in [5, 5.41) is 44.5. The Balaban J connectivity index is 1.60. The first-order valence-electron chi connectivity index (χ1n) is 13.7. The van der Waals surface area contributed by atoms with Crippen molar-refractivity contribution in [2.75, 3.05) is 18.0 Å². The van der Waals surface area contributed by atoms with Crippen LogP contribution >= 0.6 is 0 Å². The van der Waals surface area contributed by atoms with E-state index in [9.17, 15) is 25.5 Å². The Bertz CT molecular complexity index is 1750. The molecule has 3 N–H and O–H groups in total. The van der Waals surface area contributed by atoms with Crippen LogP contribution in [0.4, 0.5) is 10.5 Å². The number of amides is 1. The highest BCUT2D eigenvalue weighted by Gasteiger charge is 2.27. The number of anilines is 1. The fourth-order valence-electron chi connectivity index (χ4n) is 5.32. The van der Waals surface area contributed by atoms with E-state index in [0.29, 0.717) is 53.7 Å². The number of nitriles is 2. The number of carbonyl (C=O) groups excluding carboxylic acids is 1. The smallest absolute Gasteiger partial charge is 0.407 e. The molecule has 42 heavy (non-hydrogen) atoms. The molecule has 9 heteroatoms. The van der Waals surface area contributed by atoms with Crippen molar-refractivity contribution in [3.05, 3.63) is 71.9 Å². The molecule has 1 saturated heterocycles. The molecule has 1 amide bonds. The second kappa shape index (κ2) is 11.3. The summed E-state index contributed by atoms with van der Waals surface area (Å²) in [5.74, 6) is -0.224. The van der Waals surface area contributed by atoms with Gasteiger partial charge in [-0.15, -0.1) is 0 Å². The van der Waals surface area contributed by atoms with Crippen molar-refractivity contribution in [2.45, 2.75) is 45.3 Å². The first-order chi connectivity index (χ1) is 20.1. The van der Waals surface area contributed by atoms with Gasteiger partial charge in [-0.3, -0.25) is 4.98 Å². The zero-order valence-electron chi connectivity index (χ0n) is 23.7. The van der Waals surface area contributed by atoms with Crippen molar-refractivity contribution in [1.82, 2.24) is 10.3 Å². The summed E-state index contributed by atoms with van der Waals surface area (Å²) in [6, 6.07) is 19.7. The summed E-state index contributed by atoms with van der Waals surface area (Å²) in [5.41, 5.74) is 3.63. The number of hydrogen-bond acceptors (Lipinski definition) is 8. The Labute approximate surface area is 244 Å². The number of alkyl carbamates (subject to hydrolysis) is 1. The van der Waals surface area contributed by atoms with Crippen molar-refractivity contribution in [1.29, 1.82) is 10.5 Å². The Morgan fingerprint density at radius 1 is 0.952 bits per heavy atom. The number of fused-ring (bicyclic) bond motifs is 1. The van der Waals surface area contributed by atoms with Crippen LogP contribution in [-0.2, 0) is 4.74 Å². The molecule has 1 fully saturated rings. The number of nitrogens with zero attached hydrogens (tertiary/aromatic N) is 4. The molecular weight excluding hydrogens is 530 g/mol. The predicted molar refractivity (Wildman–Crippen MR) is 160 cm³/mol. The van der Waals surface area contributed by atoms with Crippen LogP contribution < -0.4 is 10.2 Å². The summed E-state index contributed by atoms with van der Waals surface area (Å²) < 4.78 is 5.44. The Hall–Kier alpha value is -5.28. The lowest BCUT2D eigenvalue weighted by atomic mass is 9.94. The van der Waals surface area contributed by atoms with E-state index < -0.39 is 11.7 Å². The largest absolute Gasteiger partial charge is 0.506 e. The molecule has 1 aliphatic heterocycles. The number of ether oxygens (including phenoxy) is 1. The molecule has 0 bridgehead atoms. The average molecular weight is 562 g/mol. The molecule has 0 radical (unpaired) electrons. The zero-order chi connectivity index (χ0) is 30.0. The van der Waals surface area contributed by atoms with Gasteiger partial charge in [0.05, 0.1) is 22.3 Å². The van der Waals surface area contributed by atoms with Gasteiger partial charge < -0.3 is 25.2 Å². The molecule has 212 valence electrons. The van der Waals surface area contributed by atoms with Crippen LogP contribution in [0.5, 0.6) is 11.5 Å². The number of rotatable bonds is 4. The first kappa shape index (κ1) is 28.3.